The van der Waals surface area contributed by atoms with Crippen molar-refractivity contribution in [3.05, 3.63) is 42.1 Å². The topological polar surface area (TPSA) is 56.0 Å². The number of nitrogens with zero attached hydrogens (tertiary/aromatic N) is 1. The summed E-state index contributed by atoms with van der Waals surface area (Å²) >= 11 is 0. The molecule has 0 amide bonds. The molecule has 0 unspecified atom stereocenters. The molecule has 0 spiro atoms. The van der Waals surface area contributed by atoms with Crippen molar-refractivity contribution in [1.29, 1.82) is 0 Å². The van der Waals surface area contributed by atoms with Gasteiger partial charge in [0.1, 0.15) is 0 Å². The minimum Gasteiger partial charge on any atom is -0.330 e. The first kappa shape index (κ1) is 13.3. The number of pyridine rings is 1. The van der Waals surface area contributed by atoms with E-state index in [4.69, 9.17) is 5.73 Å². The average molecular weight is 268 g/mol. The Labute approximate surface area is 119 Å². The summed E-state index contributed by atoms with van der Waals surface area (Å²) in [6.45, 7) is 0.753. The fourth-order valence-corrected chi connectivity index (χ4v) is 3.12. The van der Waals surface area contributed by atoms with Gasteiger partial charge in [0, 0.05) is 23.1 Å². The van der Waals surface area contributed by atoms with Crippen LogP contribution in [-0.4, -0.2) is 17.3 Å². The first-order valence-corrected chi connectivity index (χ1v) is 7.37. The van der Waals surface area contributed by atoms with E-state index in [1.165, 1.54) is 0 Å². The molecule has 1 aliphatic carbocycles. The van der Waals surface area contributed by atoms with Gasteiger partial charge in [0.05, 0.1) is 5.52 Å². The van der Waals surface area contributed by atoms with Gasteiger partial charge in [-0.05, 0) is 62.4 Å². The van der Waals surface area contributed by atoms with Crippen LogP contribution in [0.4, 0.5) is 0 Å². The number of benzene rings is 1. The molecule has 3 heteroatoms. The van der Waals surface area contributed by atoms with Crippen LogP contribution in [-0.2, 0) is 0 Å². The lowest BCUT2D eigenvalue weighted by atomic mass is 9.78. The van der Waals surface area contributed by atoms with E-state index in [2.05, 4.69) is 4.98 Å². The third kappa shape index (κ3) is 2.59. The number of hydrogen-bond acceptors (Lipinski definition) is 3. The molecule has 0 atom stereocenters. The summed E-state index contributed by atoms with van der Waals surface area (Å²) in [5.74, 6) is 1.07. The molecule has 0 saturated heterocycles. The molecule has 0 aliphatic heterocycles. The van der Waals surface area contributed by atoms with Crippen molar-refractivity contribution >= 4 is 16.7 Å². The van der Waals surface area contributed by atoms with Gasteiger partial charge in [-0.15, -0.1) is 0 Å². The Kier molecular flexibility index (Phi) is 3.79. The van der Waals surface area contributed by atoms with Crippen LogP contribution in [0.1, 0.15) is 36.0 Å². The van der Waals surface area contributed by atoms with Gasteiger partial charge < -0.3 is 5.73 Å². The molecule has 20 heavy (non-hydrogen) atoms. The summed E-state index contributed by atoms with van der Waals surface area (Å²) < 4.78 is 0. The third-order valence-electron chi connectivity index (χ3n) is 4.44. The Morgan fingerprint density at radius 1 is 1.20 bits per heavy atom. The van der Waals surface area contributed by atoms with Crippen LogP contribution in [0.25, 0.3) is 10.9 Å². The molecule has 1 aromatic heterocycles. The summed E-state index contributed by atoms with van der Waals surface area (Å²) in [6.07, 6.45) is 5.90. The first-order valence-electron chi connectivity index (χ1n) is 7.37. The molecule has 1 aromatic carbocycles. The van der Waals surface area contributed by atoms with Gasteiger partial charge in [0.15, 0.2) is 5.78 Å². The van der Waals surface area contributed by atoms with Crippen molar-refractivity contribution in [1.82, 2.24) is 4.98 Å². The van der Waals surface area contributed by atoms with Crippen LogP contribution >= 0.6 is 0 Å². The second-order valence-electron chi connectivity index (χ2n) is 5.73. The SMILES string of the molecule is NCC1CCC(C(=O)c2ccc3ncccc3c2)CC1. The van der Waals surface area contributed by atoms with Gasteiger partial charge in [-0.1, -0.05) is 6.07 Å². The first-order chi connectivity index (χ1) is 9.78. The molecule has 104 valence electrons. The van der Waals surface area contributed by atoms with Crippen LogP contribution in [0.15, 0.2) is 36.5 Å². The Balaban J connectivity index is 1.79. The van der Waals surface area contributed by atoms with Crippen LogP contribution in [0.5, 0.6) is 0 Å². The number of rotatable bonds is 3. The van der Waals surface area contributed by atoms with Gasteiger partial charge in [0.25, 0.3) is 0 Å². The summed E-state index contributed by atoms with van der Waals surface area (Å²) in [7, 11) is 0. The van der Waals surface area contributed by atoms with Gasteiger partial charge in [-0.3, -0.25) is 9.78 Å². The van der Waals surface area contributed by atoms with E-state index >= 15 is 0 Å². The lowest BCUT2D eigenvalue weighted by Crippen LogP contribution is -2.25. The highest BCUT2D eigenvalue weighted by Gasteiger charge is 2.26. The standard InChI is InChI=1S/C17H20N2O/c18-11-12-3-5-13(6-4-12)17(20)15-7-8-16-14(10-15)2-1-9-19-16/h1-2,7-10,12-13H,3-6,11,18H2. The van der Waals surface area contributed by atoms with E-state index in [1.54, 1.807) is 6.20 Å². The van der Waals surface area contributed by atoms with E-state index in [9.17, 15) is 4.79 Å². The Hall–Kier alpha value is -1.74. The number of ketones is 1. The van der Waals surface area contributed by atoms with Crippen molar-refractivity contribution in [2.24, 2.45) is 17.6 Å². The molecule has 1 heterocycles. The molecule has 3 nitrogen and oxygen atoms in total. The van der Waals surface area contributed by atoms with Crippen LogP contribution < -0.4 is 5.73 Å². The van der Waals surface area contributed by atoms with Gasteiger partial charge >= 0.3 is 0 Å². The van der Waals surface area contributed by atoms with Crippen LogP contribution in [0.2, 0.25) is 0 Å². The molecule has 3 rings (SSSR count). The summed E-state index contributed by atoms with van der Waals surface area (Å²) in [6, 6.07) is 9.73. The Bertz CT molecular complexity index is 615. The second-order valence-corrected chi connectivity index (χ2v) is 5.73. The van der Waals surface area contributed by atoms with E-state index in [0.29, 0.717) is 5.92 Å². The lowest BCUT2D eigenvalue weighted by molar-refractivity contribution is 0.0873. The fourth-order valence-electron chi connectivity index (χ4n) is 3.12. The second kappa shape index (κ2) is 5.71. The van der Waals surface area contributed by atoms with E-state index < -0.39 is 0 Å². The molecule has 0 radical (unpaired) electrons. The quantitative estimate of drug-likeness (QED) is 0.870. The summed E-state index contributed by atoms with van der Waals surface area (Å²) in [4.78, 5) is 16.9. The maximum Gasteiger partial charge on any atom is 0.165 e. The molecule has 1 saturated carbocycles. The number of carbonyl (C=O) groups is 1. The van der Waals surface area contributed by atoms with Crippen molar-refractivity contribution in [2.45, 2.75) is 25.7 Å². The molecule has 0 bridgehead atoms. The Morgan fingerprint density at radius 2 is 2.00 bits per heavy atom. The van der Waals surface area contributed by atoms with E-state index in [0.717, 1.165) is 48.7 Å². The number of fused-ring (bicyclic) bond motifs is 1. The number of aromatic nitrogens is 1. The van der Waals surface area contributed by atoms with E-state index in [1.807, 2.05) is 30.3 Å². The van der Waals surface area contributed by atoms with Gasteiger partial charge in [-0.25, -0.2) is 0 Å². The van der Waals surface area contributed by atoms with Crippen molar-refractivity contribution < 1.29 is 4.79 Å². The fraction of sp³-hybridized carbons (Fsp3) is 0.412. The third-order valence-corrected chi connectivity index (χ3v) is 4.44. The number of hydrogen-bond donors (Lipinski definition) is 1. The zero-order valence-corrected chi connectivity index (χ0v) is 11.6. The zero-order chi connectivity index (χ0) is 13.9. The molecular formula is C17H20N2O. The molecule has 2 aromatic rings. The number of carbonyl (C=O) groups excluding carboxylic acids is 1. The van der Waals surface area contributed by atoms with E-state index in [-0.39, 0.29) is 11.7 Å². The van der Waals surface area contributed by atoms with Gasteiger partial charge in [0.2, 0.25) is 0 Å². The zero-order valence-electron chi connectivity index (χ0n) is 11.6. The number of Topliss-reactive ketones (excluding diaryl/α,β-unsaturated/α-hetero) is 1. The largest absolute Gasteiger partial charge is 0.330 e. The normalized spacial score (nSPS) is 22.9. The highest BCUT2D eigenvalue weighted by Crippen LogP contribution is 2.31. The summed E-state index contributed by atoms with van der Waals surface area (Å²) in [5.41, 5.74) is 7.47. The monoisotopic (exact) mass is 268 g/mol. The number of nitrogens with two attached hydrogens (primary N) is 1. The minimum atomic E-state index is 0.173. The summed E-state index contributed by atoms with van der Waals surface area (Å²) in [5, 5.41) is 1.04. The van der Waals surface area contributed by atoms with Crippen molar-refractivity contribution in [3.8, 4) is 0 Å². The predicted molar refractivity (Wildman–Crippen MR) is 80.6 cm³/mol. The highest BCUT2D eigenvalue weighted by molar-refractivity contribution is 6.00. The van der Waals surface area contributed by atoms with Crippen molar-refractivity contribution in [2.75, 3.05) is 6.54 Å². The highest BCUT2D eigenvalue weighted by atomic mass is 16.1. The molecule has 1 aliphatic rings. The minimum absolute atomic E-state index is 0.173. The molecular weight excluding hydrogens is 248 g/mol. The maximum atomic E-state index is 12.6. The molecule has 1 fully saturated rings. The maximum absolute atomic E-state index is 12.6. The van der Waals surface area contributed by atoms with Crippen LogP contribution in [0, 0.1) is 11.8 Å². The van der Waals surface area contributed by atoms with Gasteiger partial charge in [-0.2, -0.15) is 0 Å². The predicted octanol–water partition coefficient (Wildman–Crippen LogP) is 3.18. The average Bonchev–Trinajstić information content (AvgIpc) is 2.54. The molecule has 2 N–H and O–H groups in total. The Morgan fingerprint density at radius 3 is 2.75 bits per heavy atom. The smallest absolute Gasteiger partial charge is 0.165 e. The van der Waals surface area contributed by atoms with Crippen molar-refractivity contribution in [3.63, 3.8) is 0 Å². The lowest BCUT2D eigenvalue weighted by Gasteiger charge is -2.26. The van der Waals surface area contributed by atoms with Crippen LogP contribution in [0.3, 0.4) is 0 Å².